The predicted molar refractivity (Wildman–Crippen MR) is 52.2 cm³/mol. The van der Waals surface area contributed by atoms with Gasteiger partial charge in [0.2, 0.25) is 0 Å². The highest BCUT2D eigenvalue weighted by Crippen LogP contribution is 2.30. The Morgan fingerprint density at radius 3 is 3.00 bits per heavy atom. The van der Waals surface area contributed by atoms with E-state index in [-0.39, 0.29) is 0 Å². The number of aldehydes is 1. The second-order valence-corrected chi connectivity index (χ2v) is 4.12. The fourth-order valence-electron chi connectivity index (χ4n) is 1.15. The highest BCUT2D eigenvalue weighted by molar-refractivity contribution is 7.23. The smallest absolute Gasteiger partial charge is 0.151 e. The van der Waals surface area contributed by atoms with Crippen molar-refractivity contribution < 1.29 is 4.79 Å². The molecule has 0 aliphatic heterocycles. The highest BCUT2D eigenvalue weighted by atomic mass is 35.5. The number of hydrogen-bond acceptors (Lipinski definition) is 2. The number of halogens is 1. The fourth-order valence-corrected chi connectivity index (χ4v) is 2.36. The Labute approximate surface area is 78.6 Å². The van der Waals surface area contributed by atoms with Gasteiger partial charge in [0.25, 0.3) is 0 Å². The van der Waals surface area contributed by atoms with Crippen LogP contribution in [-0.4, -0.2) is 6.29 Å². The van der Waals surface area contributed by atoms with Crippen LogP contribution in [0.5, 0.6) is 0 Å². The largest absolute Gasteiger partial charge is 0.298 e. The Morgan fingerprint density at radius 1 is 1.42 bits per heavy atom. The molecule has 0 unspecified atom stereocenters. The minimum Gasteiger partial charge on any atom is -0.298 e. The van der Waals surface area contributed by atoms with Gasteiger partial charge in [0, 0.05) is 10.3 Å². The molecular formula is C9H5ClOS. The summed E-state index contributed by atoms with van der Waals surface area (Å²) in [6.07, 6.45) is 0.856. The first kappa shape index (κ1) is 7.77. The van der Waals surface area contributed by atoms with Crippen molar-refractivity contribution in [3.8, 4) is 0 Å². The van der Waals surface area contributed by atoms with Gasteiger partial charge in [0.05, 0.1) is 4.34 Å². The maximum atomic E-state index is 10.6. The SMILES string of the molecule is O=Cc1cccc2cc(Cl)sc12. The summed E-state index contributed by atoms with van der Waals surface area (Å²) in [5.74, 6) is 0. The summed E-state index contributed by atoms with van der Waals surface area (Å²) < 4.78 is 1.69. The molecule has 0 radical (unpaired) electrons. The standard InChI is InChI=1S/C9H5ClOS/c10-8-4-6-2-1-3-7(5-11)9(6)12-8/h1-5H. The van der Waals surface area contributed by atoms with Crippen molar-refractivity contribution in [2.24, 2.45) is 0 Å². The lowest BCUT2D eigenvalue weighted by atomic mass is 10.2. The minimum atomic E-state index is 0.712. The fraction of sp³-hybridized carbons (Fsp3) is 0. The first-order chi connectivity index (χ1) is 5.81. The average molecular weight is 197 g/mol. The topological polar surface area (TPSA) is 17.1 Å². The molecule has 0 saturated heterocycles. The summed E-state index contributed by atoms with van der Waals surface area (Å²) in [6.45, 7) is 0. The molecule has 0 saturated carbocycles. The third kappa shape index (κ3) is 1.13. The molecule has 1 aromatic heterocycles. The van der Waals surface area contributed by atoms with Gasteiger partial charge in [-0.15, -0.1) is 11.3 Å². The van der Waals surface area contributed by atoms with Gasteiger partial charge < -0.3 is 0 Å². The lowest BCUT2D eigenvalue weighted by molar-refractivity contribution is 0.112. The molecule has 1 nitrogen and oxygen atoms in total. The summed E-state index contributed by atoms with van der Waals surface area (Å²) in [6, 6.07) is 7.47. The maximum Gasteiger partial charge on any atom is 0.151 e. The Kier molecular flexibility index (Phi) is 1.87. The van der Waals surface area contributed by atoms with E-state index in [1.54, 1.807) is 6.07 Å². The molecule has 0 aliphatic carbocycles. The van der Waals surface area contributed by atoms with Crippen molar-refractivity contribution in [3.63, 3.8) is 0 Å². The number of rotatable bonds is 1. The molecule has 0 amide bonds. The molecule has 0 bridgehead atoms. The van der Waals surface area contributed by atoms with E-state index in [0.29, 0.717) is 5.56 Å². The van der Waals surface area contributed by atoms with Crippen molar-refractivity contribution in [1.29, 1.82) is 0 Å². The predicted octanol–water partition coefficient (Wildman–Crippen LogP) is 3.37. The summed E-state index contributed by atoms with van der Waals surface area (Å²) in [5, 5.41) is 1.04. The second kappa shape index (κ2) is 2.88. The lowest BCUT2D eigenvalue weighted by Gasteiger charge is -1.90. The highest BCUT2D eigenvalue weighted by Gasteiger charge is 2.02. The van der Waals surface area contributed by atoms with Gasteiger partial charge >= 0.3 is 0 Å². The molecule has 0 N–H and O–H groups in total. The van der Waals surface area contributed by atoms with Gasteiger partial charge in [-0.25, -0.2) is 0 Å². The van der Waals surface area contributed by atoms with Crippen molar-refractivity contribution in [3.05, 3.63) is 34.2 Å². The Morgan fingerprint density at radius 2 is 2.25 bits per heavy atom. The third-order valence-electron chi connectivity index (χ3n) is 1.67. The molecule has 1 aromatic carbocycles. The number of thiophene rings is 1. The Bertz CT molecular complexity index is 433. The van der Waals surface area contributed by atoms with Gasteiger partial charge in [-0.2, -0.15) is 0 Å². The van der Waals surface area contributed by atoms with Crippen LogP contribution in [0.3, 0.4) is 0 Å². The van der Waals surface area contributed by atoms with Crippen LogP contribution in [-0.2, 0) is 0 Å². The summed E-state index contributed by atoms with van der Waals surface area (Å²) in [7, 11) is 0. The number of benzene rings is 1. The van der Waals surface area contributed by atoms with E-state index in [2.05, 4.69) is 0 Å². The summed E-state index contributed by atoms with van der Waals surface area (Å²) in [5.41, 5.74) is 0.712. The van der Waals surface area contributed by atoms with Gasteiger partial charge in [0.1, 0.15) is 0 Å². The molecular weight excluding hydrogens is 192 g/mol. The van der Waals surface area contributed by atoms with Crippen LogP contribution >= 0.6 is 22.9 Å². The molecule has 0 fully saturated rings. The van der Waals surface area contributed by atoms with E-state index < -0.39 is 0 Å². The van der Waals surface area contributed by atoms with E-state index in [1.165, 1.54) is 11.3 Å². The summed E-state index contributed by atoms with van der Waals surface area (Å²) >= 11 is 7.25. The van der Waals surface area contributed by atoms with E-state index in [1.807, 2.05) is 18.2 Å². The Balaban J connectivity index is 2.86. The maximum absolute atomic E-state index is 10.6. The molecule has 12 heavy (non-hydrogen) atoms. The van der Waals surface area contributed by atoms with Gasteiger partial charge in [-0.05, 0) is 11.5 Å². The number of hydrogen-bond donors (Lipinski definition) is 0. The molecule has 0 aliphatic rings. The molecule has 60 valence electrons. The zero-order chi connectivity index (χ0) is 8.55. The zero-order valence-corrected chi connectivity index (χ0v) is 7.65. The van der Waals surface area contributed by atoms with Crippen molar-refractivity contribution in [1.82, 2.24) is 0 Å². The van der Waals surface area contributed by atoms with Crippen molar-refractivity contribution in [2.75, 3.05) is 0 Å². The number of carbonyl (C=O) groups excluding carboxylic acids is 1. The van der Waals surface area contributed by atoms with Crippen LogP contribution in [0, 0.1) is 0 Å². The van der Waals surface area contributed by atoms with Crippen LogP contribution < -0.4 is 0 Å². The van der Waals surface area contributed by atoms with E-state index in [9.17, 15) is 4.79 Å². The third-order valence-corrected chi connectivity index (χ3v) is 3.00. The normalized spacial score (nSPS) is 10.4. The molecule has 1 heterocycles. The number of carbonyl (C=O) groups is 1. The van der Waals surface area contributed by atoms with Crippen LogP contribution in [0.15, 0.2) is 24.3 Å². The molecule has 3 heteroatoms. The van der Waals surface area contributed by atoms with E-state index >= 15 is 0 Å². The van der Waals surface area contributed by atoms with Gasteiger partial charge in [-0.3, -0.25) is 4.79 Å². The van der Waals surface area contributed by atoms with Crippen LogP contribution in [0.1, 0.15) is 10.4 Å². The van der Waals surface area contributed by atoms with E-state index in [4.69, 9.17) is 11.6 Å². The van der Waals surface area contributed by atoms with Crippen molar-refractivity contribution >= 4 is 39.3 Å². The average Bonchev–Trinajstić information content (AvgIpc) is 2.44. The second-order valence-electron chi connectivity index (χ2n) is 2.43. The van der Waals surface area contributed by atoms with Crippen LogP contribution in [0.4, 0.5) is 0 Å². The first-order valence-corrected chi connectivity index (χ1v) is 4.64. The van der Waals surface area contributed by atoms with Crippen LogP contribution in [0.25, 0.3) is 10.1 Å². The van der Waals surface area contributed by atoms with Gasteiger partial charge in [-0.1, -0.05) is 29.8 Å². The quantitative estimate of drug-likeness (QED) is 0.640. The Hall–Kier alpha value is -0.860. The lowest BCUT2D eigenvalue weighted by Crippen LogP contribution is -1.76. The monoisotopic (exact) mass is 196 g/mol. The number of fused-ring (bicyclic) bond motifs is 1. The first-order valence-electron chi connectivity index (χ1n) is 3.44. The van der Waals surface area contributed by atoms with Gasteiger partial charge in [0.15, 0.2) is 6.29 Å². The molecule has 2 rings (SSSR count). The molecule has 0 spiro atoms. The van der Waals surface area contributed by atoms with E-state index in [0.717, 1.165) is 20.7 Å². The minimum absolute atomic E-state index is 0.712. The zero-order valence-electron chi connectivity index (χ0n) is 6.08. The molecule has 2 aromatic rings. The summed E-state index contributed by atoms with van der Waals surface area (Å²) in [4.78, 5) is 10.6. The molecule has 0 atom stereocenters. The van der Waals surface area contributed by atoms with Crippen LogP contribution in [0.2, 0.25) is 4.34 Å². The van der Waals surface area contributed by atoms with Crippen molar-refractivity contribution in [2.45, 2.75) is 0 Å².